The molecule has 7 heteroatoms. The molecule has 0 aliphatic carbocycles. The van der Waals surface area contributed by atoms with Crippen LogP contribution in [0.2, 0.25) is 0 Å². The Morgan fingerprint density at radius 2 is 2.12 bits per heavy atom. The van der Waals surface area contributed by atoms with Crippen molar-refractivity contribution in [3.05, 3.63) is 59.6 Å². The third-order valence-corrected chi connectivity index (χ3v) is 3.74. The lowest BCUT2D eigenvalue weighted by Gasteiger charge is -2.23. The van der Waals surface area contributed by atoms with Gasteiger partial charge in [0, 0.05) is 0 Å². The molecule has 2 heterocycles. The van der Waals surface area contributed by atoms with Gasteiger partial charge in [0.25, 0.3) is 5.89 Å². The van der Waals surface area contributed by atoms with Crippen LogP contribution in [0, 0.1) is 6.92 Å². The monoisotopic (exact) mass is 340 g/mol. The number of aromatic nitrogens is 2. The van der Waals surface area contributed by atoms with Crippen LogP contribution in [-0.4, -0.2) is 35.0 Å². The molecule has 0 saturated carbocycles. The van der Waals surface area contributed by atoms with Crippen LogP contribution in [0.4, 0.5) is 0 Å². The number of carbonyl (C=O) groups excluding carboxylic acids is 1. The number of furan rings is 1. The van der Waals surface area contributed by atoms with E-state index in [1.54, 1.807) is 12.1 Å². The average Bonchev–Trinajstić information content (AvgIpc) is 3.24. The highest BCUT2D eigenvalue weighted by atomic mass is 16.5. The Kier molecular flexibility index (Phi) is 4.95. The highest BCUT2D eigenvalue weighted by Gasteiger charge is 2.23. The summed E-state index contributed by atoms with van der Waals surface area (Å²) in [7, 11) is 3.74. The Morgan fingerprint density at radius 3 is 2.80 bits per heavy atom. The second-order valence-electron chi connectivity index (χ2n) is 5.99. The number of nitrogens with zero attached hydrogens (tertiary/aromatic N) is 3. The summed E-state index contributed by atoms with van der Waals surface area (Å²) >= 11 is 0. The Morgan fingerprint density at radius 1 is 1.28 bits per heavy atom. The van der Waals surface area contributed by atoms with E-state index in [1.165, 1.54) is 6.26 Å². The fourth-order valence-corrected chi connectivity index (χ4v) is 2.61. The third kappa shape index (κ3) is 3.95. The van der Waals surface area contributed by atoms with Gasteiger partial charge in [-0.3, -0.25) is 9.69 Å². The van der Waals surface area contributed by atoms with Gasteiger partial charge in [-0.15, -0.1) is 0 Å². The van der Waals surface area contributed by atoms with Gasteiger partial charge >= 0.3 is 0 Å². The summed E-state index contributed by atoms with van der Waals surface area (Å²) in [6.07, 6.45) is 1.53. The Balaban J connectivity index is 1.68. The molecular weight excluding hydrogens is 320 g/mol. The van der Waals surface area contributed by atoms with E-state index in [0.717, 1.165) is 11.1 Å². The largest absolute Gasteiger partial charge is 0.459 e. The van der Waals surface area contributed by atoms with Crippen LogP contribution in [0.3, 0.4) is 0 Å². The molecule has 2 aromatic heterocycles. The SMILES string of the molecule is Cc1cccc(C(C(=O)NCc2noc(-c3ccco3)n2)N(C)C)c1. The van der Waals surface area contributed by atoms with E-state index in [0.29, 0.717) is 11.6 Å². The molecule has 1 aromatic carbocycles. The molecule has 3 rings (SSSR count). The lowest BCUT2D eigenvalue weighted by atomic mass is 10.0. The summed E-state index contributed by atoms with van der Waals surface area (Å²) in [6.45, 7) is 2.18. The van der Waals surface area contributed by atoms with Gasteiger partial charge in [0.05, 0.1) is 12.8 Å². The minimum absolute atomic E-state index is 0.125. The van der Waals surface area contributed by atoms with Gasteiger partial charge < -0.3 is 14.3 Å². The van der Waals surface area contributed by atoms with Gasteiger partial charge in [-0.2, -0.15) is 4.98 Å². The maximum atomic E-state index is 12.6. The number of aryl methyl sites for hydroxylation is 1. The van der Waals surface area contributed by atoms with Crippen molar-refractivity contribution >= 4 is 5.91 Å². The van der Waals surface area contributed by atoms with Gasteiger partial charge in [-0.05, 0) is 38.7 Å². The fourth-order valence-electron chi connectivity index (χ4n) is 2.61. The predicted molar refractivity (Wildman–Crippen MR) is 91.5 cm³/mol. The van der Waals surface area contributed by atoms with Crippen LogP contribution < -0.4 is 5.32 Å². The standard InChI is InChI=1S/C18H20N4O3/c1-12-6-4-7-13(10-12)16(22(2)3)17(23)19-11-15-20-18(25-21-15)14-8-5-9-24-14/h4-10,16H,11H2,1-3H3,(H,19,23). The maximum absolute atomic E-state index is 12.6. The van der Waals surface area contributed by atoms with Gasteiger partial charge in [-0.25, -0.2) is 0 Å². The van der Waals surface area contributed by atoms with Crippen LogP contribution >= 0.6 is 0 Å². The lowest BCUT2D eigenvalue weighted by Crippen LogP contribution is -2.36. The number of likely N-dealkylation sites (N-methyl/N-ethyl adjacent to an activating group) is 1. The minimum atomic E-state index is -0.392. The quantitative estimate of drug-likeness (QED) is 0.742. The van der Waals surface area contributed by atoms with Gasteiger partial charge in [-0.1, -0.05) is 35.0 Å². The number of amides is 1. The molecule has 25 heavy (non-hydrogen) atoms. The Bertz CT molecular complexity index is 840. The molecule has 0 bridgehead atoms. The number of benzene rings is 1. The van der Waals surface area contributed by atoms with E-state index < -0.39 is 6.04 Å². The molecule has 1 amide bonds. The molecule has 3 aromatic rings. The lowest BCUT2D eigenvalue weighted by molar-refractivity contribution is -0.126. The smallest absolute Gasteiger partial charge is 0.293 e. The Hall–Kier alpha value is -2.93. The highest BCUT2D eigenvalue weighted by Crippen LogP contribution is 2.20. The molecule has 7 nitrogen and oxygen atoms in total. The third-order valence-electron chi connectivity index (χ3n) is 3.74. The molecule has 0 radical (unpaired) electrons. The predicted octanol–water partition coefficient (Wildman–Crippen LogP) is 2.56. The molecule has 0 fully saturated rings. The van der Waals surface area contributed by atoms with Crippen molar-refractivity contribution < 1.29 is 13.7 Å². The second-order valence-corrected chi connectivity index (χ2v) is 5.99. The van der Waals surface area contributed by atoms with Crippen molar-refractivity contribution in [1.29, 1.82) is 0 Å². The van der Waals surface area contributed by atoms with Crippen LogP contribution in [0.15, 0.2) is 51.6 Å². The summed E-state index contributed by atoms with van der Waals surface area (Å²) in [4.78, 5) is 18.7. The zero-order chi connectivity index (χ0) is 17.8. The van der Waals surface area contributed by atoms with Crippen LogP contribution in [0.5, 0.6) is 0 Å². The Labute approximate surface area is 145 Å². The van der Waals surface area contributed by atoms with Crippen LogP contribution in [0.25, 0.3) is 11.7 Å². The van der Waals surface area contributed by atoms with Crippen molar-refractivity contribution in [2.45, 2.75) is 19.5 Å². The topological polar surface area (TPSA) is 84.4 Å². The van der Waals surface area contributed by atoms with Crippen molar-refractivity contribution in [3.8, 4) is 11.7 Å². The highest BCUT2D eigenvalue weighted by molar-refractivity contribution is 5.83. The summed E-state index contributed by atoms with van der Waals surface area (Å²) < 4.78 is 10.3. The van der Waals surface area contributed by atoms with E-state index in [9.17, 15) is 4.79 Å². The number of hydrogen-bond acceptors (Lipinski definition) is 6. The number of carbonyl (C=O) groups is 1. The fraction of sp³-hybridized carbons (Fsp3) is 0.278. The summed E-state index contributed by atoms with van der Waals surface area (Å²) in [6, 6.07) is 11.0. The summed E-state index contributed by atoms with van der Waals surface area (Å²) in [5.74, 6) is 1.05. The second kappa shape index (κ2) is 7.31. The van der Waals surface area contributed by atoms with Gasteiger partial charge in [0.1, 0.15) is 6.04 Å². The van der Waals surface area contributed by atoms with Crippen molar-refractivity contribution in [2.24, 2.45) is 0 Å². The first-order valence-corrected chi connectivity index (χ1v) is 7.92. The van der Waals surface area contributed by atoms with E-state index in [4.69, 9.17) is 8.94 Å². The molecule has 0 spiro atoms. The van der Waals surface area contributed by atoms with E-state index in [2.05, 4.69) is 15.5 Å². The van der Waals surface area contributed by atoms with Gasteiger partial charge in [0.15, 0.2) is 11.6 Å². The molecule has 0 saturated heterocycles. The molecule has 1 N–H and O–H groups in total. The van der Waals surface area contributed by atoms with E-state index in [-0.39, 0.29) is 18.3 Å². The summed E-state index contributed by atoms with van der Waals surface area (Å²) in [5, 5.41) is 6.72. The number of hydrogen-bond donors (Lipinski definition) is 1. The normalized spacial score (nSPS) is 12.3. The number of rotatable bonds is 6. The zero-order valence-electron chi connectivity index (χ0n) is 14.4. The molecule has 0 aliphatic heterocycles. The van der Waals surface area contributed by atoms with E-state index in [1.807, 2.05) is 50.2 Å². The van der Waals surface area contributed by atoms with Crippen LogP contribution in [0.1, 0.15) is 23.0 Å². The first kappa shape index (κ1) is 16.9. The zero-order valence-corrected chi connectivity index (χ0v) is 14.4. The summed E-state index contributed by atoms with van der Waals surface area (Å²) in [5.41, 5.74) is 2.05. The maximum Gasteiger partial charge on any atom is 0.293 e. The van der Waals surface area contributed by atoms with Crippen LogP contribution in [-0.2, 0) is 11.3 Å². The first-order chi connectivity index (χ1) is 12.0. The minimum Gasteiger partial charge on any atom is -0.459 e. The first-order valence-electron chi connectivity index (χ1n) is 7.92. The number of nitrogens with one attached hydrogen (secondary N) is 1. The molecule has 130 valence electrons. The molecule has 1 atom stereocenters. The molecular formula is C18H20N4O3. The molecule has 1 unspecified atom stereocenters. The molecule has 0 aliphatic rings. The van der Waals surface area contributed by atoms with E-state index >= 15 is 0 Å². The van der Waals surface area contributed by atoms with Crippen molar-refractivity contribution in [2.75, 3.05) is 14.1 Å². The average molecular weight is 340 g/mol. The van der Waals surface area contributed by atoms with Crippen molar-refractivity contribution in [3.63, 3.8) is 0 Å². The van der Waals surface area contributed by atoms with Gasteiger partial charge in [0.2, 0.25) is 5.91 Å². The van der Waals surface area contributed by atoms with Crippen molar-refractivity contribution in [1.82, 2.24) is 20.4 Å².